The maximum atomic E-state index is 9.99. The van der Waals surface area contributed by atoms with Crippen LogP contribution in [0, 0.1) is 0 Å². The molecule has 4 nitrogen and oxygen atoms in total. The van der Waals surface area contributed by atoms with Gasteiger partial charge in [0.2, 0.25) is 0 Å². The topological polar surface area (TPSA) is 52.1 Å². The maximum Gasteiger partial charge on any atom is 0.293 e. The zero-order valence-corrected chi connectivity index (χ0v) is 9.15. The summed E-state index contributed by atoms with van der Waals surface area (Å²) in [6.07, 6.45) is 0.462. The molecule has 0 fully saturated rings. The number of para-hydroxylation sites is 1. The second kappa shape index (κ2) is 4.90. The quantitative estimate of drug-likeness (QED) is 0.463. The van der Waals surface area contributed by atoms with Gasteiger partial charge in [-0.15, -0.1) is 0 Å². The molecule has 0 saturated carbocycles. The molecule has 2 rings (SSSR count). The Hall–Kier alpha value is -1.68. The summed E-state index contributed by atoms with van der Waals surface area (Å²) in [6, 6.07) is 7.50. The van der Waals surface area contributed by atoms with Crippen molar-refractivity contribution in [1.29, 1.82) is 0 Å². The summed E-state index contributed by atoms with van der Waals surface area (Å²) < 4.78 is 4.59. The smallest absolute Gasteiger partial charge is 0.293 e. The van der Waals surface area contributed by atoms with Crippen LogP contribution in [-0.2, 0) is 16.0 Å². The lowest BCUT2D eigenvalue weighted by molar-refractivity contribution is -0.128. The van der Waals surface area contributed by atoms with Gasteiger partial charge in [-0.3, -0.25) is 4.79 Å². The molecule has 0 radical (unpaired) electrons. The first-order chi connectivity index (χ1) is 7.81. The molecule has 0 aliphatic carbocycles. The molecule has 0 atom stereocenters. The van der Waals surface area contributed by atoms with E-state index in [9.17, 15) is 4.79 Å². The number of aromatic nitrogens is 2. The van der Waals surface area contributed by atoms with Crippen molar-refractivity contribution in [3.8, 4) is 0 Å². The summed E-state index contributed by atoms with van der Waals surface area (Å²) in [4.78, 5) is 18.4. The third-order valence-electron chi connectivity index (χ3n) is 2.11. The largest absolute Gasteiger partial charge is 0.467 e. The Bertz CT molecular complexity index is 516. The zero-order chi connectivity index (χ0) is 11.4. The molecule has 5 heteroatoms. The standard InChI is InChI=1S/C11H9ClN2O2/c12-11-8-3-1-2-4-9(8)13-10(14-11)5-6-16-7-15/h1-4,7H,5-6H2. The number of carbonyl (C=O) groups is 1. The molecule has 0 unspecified atom stereocenters. The molecule has 0 spiro atoms. The van der Waals surface area contributed by atoms with Gasteiger partial charge < -0.3 is 4.74 Å². The van der Waals surface area contributed by atoms with Crippen molar-refractivity contribution in [2.24, 2.45) is 0 Å². The van der Waals surface area contributed by atoms with Crippen LogP contribution in [0.2, 0.25) is 5.15 Å². The van der Waals surface area contributed by atoms with Gasteiger partial charge in [-0.1, -0.05) is 23.7 Å². The van der Waals surface area contributed by atoms with Gasteiger partial charge >= 0.3 is 0 Å². The average molecular weight is 237 g/mol. The summed E-state index contributed by atoms with van der Waals surface area (Å²) in [5.41, 5.74) is 0.795. The fraction of sp³-hybridized carbons (Fsp3) is 0.182. The van der Waals surface area contributed by atoms with Crippen molar-refractivity contribution in [1.82, 2.24) is 9.97 Å². The first-order valence-electron chi connectivity index (χ1n) is 4.77. The van der Waals surface area contributed by atoms with Crippen molar-refractivity contribution in [3.05, 3.63) is 35.2 Å². The molecule has 1 aromatic carbocycles. The highest BCUT2D eigenvalue weighted by atomic mass is 35.5. The van der Waals surface area contributed by atoms with E-state index in [0.717, 1.165) is 10.9 Å². The maximum absolute atomic E-state index is 9.99. The normalized spacial score (nSPS) is 10.3. The van der Waals surface area contributed by atoms with Crippen LogP contribution in [-0.4, -0.2) is 23.0 Å². The zero-order valence-electron chi connectivity index (χ0n) is 8.39. The molecular weight excluding hydrogens is 228 g/mol. The minimum Gasteiger partial charge on any atom is -0.467 e. The van der Waals surface area contributed by atoms with Crippen LogP contribution < -0.4 is 0 Å². The SMILES string of the molecule is O=COCCc1nc(Cl)c2ccccc2n1. The molecule has 2 aromatic rings. The fourth-order valence-corrected chi connectivity index (χ4v) is 1.65. The van der Waals surface area contributed by atoms with Crippen LogP contribution in [0.4, 0.5) is 0 Å². The van der Waals surface area contributed by atoms with Crippen LogP contribution in [0.25, 0.3) is 10.9 Å². The minimum atomic E-state index is 0.262. The van der Waals surface area contributed by atoms with Gasteiger partial charge in [-0.25, -0.2) is 9.97 Å². The molecule has 1 aromatic heterocycles. The molecular formula is C11H9ClN2O2. The lowest BCUT2D eigenvalue weighted by Gasteiger charge is -2.03. The van der Waals surface area contributed by atoms with Gasteiger partial charge in [0.15, 0.2) is 0 Å². The van der Waals surface area contributed by atoms with Crippen molar-refractivity contribution in [3.63, 3.8) is 0 Å². The Morgan fingerprint density at radius 2 is 2.12 bits per heavy atom. The number of carbonyl (C=O) groups excluding carboxylic acids is 1. The minimum absolute atomic E-state index is 0.262. The monoisotopic (exact) mass is 236 g/mol. The van der Waals surface area contributed by atoms with Crippen molar-refractivity contribution in [2.75, 3.05) is 6.61 Å². The third kappa shape index (κ3) is 2.28. The number of hydrogen-bond acceptors (Lipinski definition) is 4. The number of rotatable bonds is 4. The predicted octanol–water partition coefficient (Wildman–Crippen LogP) is 2.00. The van der Waals surface area contributed by atoms with Gasteiger partial charge in [0.05, 0.1) is 12.1 Å². The van der Waals surface area contributed by atoms with Crippen LogP contribution in [0.15, 0.2) is 24.3 Å². The average Bonchev–Trinajstić information content (AvgIpc) is 2.30. The van der Waals surface area contributed by atoms with E-state index < -0.39 is 0 Å². The van der Waals surface area contributed by atoms with Crippen molar-refractivity contribution < 1.29 is 9.53 Å². The van der Waals surface area contributed by atoms with Gasteiger partial charge in [0.1, 0.15) is 11.0 Å². The van der Waals surface area contributed by atoms with E-state index >= 15 is 0 Å². The second-order valence-corrected chi connectivity index (χ2v) is 3.52. The lowest BCUT2D eigenvalue weighted by Crippen LogP contribution is -2.02. The van der Waals surface area contributed by atoms with Crippen molar-refractivity contribution in [2.45, 2.75) is 6.42 Å². The number of ether oxygens (including phenoxy) is 1. The lowest BCUT2D eigenvalue weighted by atomic mass is 10.2. The Morgan fingerprint density at radius 1 is 1.31 bits per heavy atom. The molecule has 0 amide bonds. The van der Waals surface area contributed by atoms with Crippen LogP contribution in [0.3, 0.4) is 0 Å². The highest BCUT2D eigenvalue weighted by molar-refractivity contribution is 6.34. The fourth-order valence-electron chi connectivity index (χ4n) is 1.39. The van der Waals surface area contributed by atoms with Gasteiger partial charge in [0, 0.05) is 11.8 Å². The number of fused-ring (bicyclic) bond motifs is 1. The number of hydrogen-bond donors (Lipinski definition) is 0. The van der Waals surface area contributed by atoms with E-state index in [-0.39, 0.29) is 6.61 Å². The number of nitrogens with zero attached hydrogens (tertiary/aromatic N) is 2. The molecule has 1 heterocycles. The summed E-state index contributed by atoms with van der Waals surface area (Å²) in [7, 11) is 0. The Labute approximate surface area is 97.2 Å². The van der Waals surface area contributed by atoms with Crippen LogP contribution in [0.5, 0.6) is 0 Å². The predicted molar refractivity (Wildman–Crippen MR) is 60.3 cm³/mol. The Balaban J connectivity index is 2.30. The van der Waals surface area contributed by atoms with E-state index in [4.69, 9.17) is 11.6 Å². The summed E-state index contributed by atoms with van der Waals surface area (Å²) in [6.45, 7) is 0.667. The first-order valence-corrected chi connectivity index (χ1v) is 5.15. The molecule has 0 bridgehead atoms. The Kier molecular flexibility index (Phi) is 3.31. The van der Waals surface area contributed by atoms with Crippen LogP contribution >= 0.6 is 11.6 Å². The Morgan fingerprint density at radius 3 is 2.94 bits per heavy atom. The van der Waals surface area contributed by atoms with Gasteiger partial charge in [0.25, 0.3) is 6.47 Å². The molecule has 0 aliphatic rings. The molecule has 0 N–H and O–H groups in total. The molecule has 0 aliphatic heterocycles. The van der Waals surface area contributed by atoms with E-state index in [1.165, 1.54) is 0 Å². The van der Waals surface area contributed by atoms with E-state index in [1.54, 1.807) is 0 Å². The third-order valence-corrected chi connectivity index (χ3v) is 2.40. The van der Waals surface area contributed by atoms with E-state index in [2.05, 4.69) is 14.7 Å². The number of halogens is 1. The first kappa shape index (κ1) is 10.8. The van der Waals surface area contributed by atoms with E-state index in [1.807, 2.05) is 24.3 Å². The summed E-state index contributed by atoms with van der Waals surface area (Å²) >= 11 is 6.01. The van der Waals surface area contributed by atoms with Gasteiger partial charge in [-0.2, -0.15) is 0 Å². The van der Waals surface area contributed by atoms with Gasteiger partial charge in [-0.05, 0) is 12.1 Å². The highest BCUT2D eigenvalue weighted by Crippen LogP contribution is 2.19. The molecule has 16 heavy (non-hydrogen) atoms. The summed E-state index contributed by atoms with van der Waals surface area (Å²) in [5, 5.41) is 1.25. The second-order valence-electron chi connectivity index (χ2n) is 3.16. The summed E-state index contributed by atoms with van der Waals surface area (Å²) in [5.74, 6) is 0.575. The molecule has 0 saturated heterocycles. The van der Waals surface area contributed by atoms with Crippen molar-refractivity contribution >= 4 is 29.0 Å². The van der Waals surface area contributed by atoms with E-state index in [0.29, 0.717) is 23.9 Å². The molecule has 82 valence electrons. The highest BCUT2D eigenvalue weighted by Gasteiger charge is 2.04. The van der Waals surface area contributed by atoms with Crippen LogP contribution in [0.1, 0.15) is 5.82 Å². The number of benzene rings is 1.